The first-order valence-corrected chi connectivity index (χ1v) is 30.4. The van der Waals surface area contributed by atoms with Gasteiger partial charge in [0.1, 0.15) is 54.4 Å². The Hall–Kier alpha value is -8.19. The van der Waals surface area contributed by atoms with Crippen molar-refractivity contribution >= 4 is 89.0 Å². The lowest BCUT2D eigenvalue weighted by molar-refractivity contribution is -0.144. The summed E-state index contributed by atoms with van der Waals surface area (Å²) in [5, 5.41) is 78.6. The number of carbonyl (C=O) groups is 15. The Morgan fingerprint density at radius 3 is 0.582 bits per heavy atom. The molecule has 0 aliphatic rings. The first-order chi connectivity index (χ1) is 43.0. The minimum absolute atomic E-state index is 0.0868. The average molecular weight is 1300 g/mol. The maximum atomic E-state index is 14.3. The van der Waals surface area contributed by atoms with E-state index in [0.29, 0.717) is 32.2 Å². The summed E-state index contributed by atoms with van der Waals surface area (Å²) in [5.74, 6) is -18.2. The molecule has 9 amide bonds. The first kappa shape index (κ1) is 82.8. The Labute approximate surface area is 526 Å². The zero-order chi connectivity index (χ0) is 69.0. The summed E-state index contributed by atoms with van der Waals surface area (Å²) < 4.78 is 0. The quantitative estimate of drug-likeness (QED) is 0.0253. The molecule has 0 rings (SSSR count). The SMILES string of the molecule is NCCCC[C@H](NC(=O)[C@H](CCC(=O)O)NC(=O)[C@H](CCCCN)NC(=O)[C@H](CCC(=O)O)NC(=O)[C@H](CCCCN)NC(=O)[C@H](CCC(=O)O)NC(=O)[C@H](CCCCN)NC(=O)[C@H](CCC(=O)O)NC(=O)[C@@H](N)CCCCN)C(=O)N[C@@H](CCC(=O)O)C(=O)O. The van der Waals surface area contributed by atoms with Gasteiger partial charge in [0, 0.05) is 32.1 Å². The molecular formula is C55H97N15O21. The van der Waals surface area contributed by atoms with Crippen LogP contribution in [0.25, 0.3) is 0 Å². The van der Waals surface area contributed by atoms with E-state index < -0.39 is 214 Å². The van der Waals surface area contributed by atoms with Gasteiger partial charge in [-0.2, -0.15) is 0 Å². The molecule has 0 aromatic rings. The van der Waals surface area contributed by atoms with Crippen LogP contribution in [-0.4, -0.2) is 213 Å². The minimum Gasteiger partial charge on any atom is -0.481 e. The van der Waals surface area contributed by atoms with Crippen LogP contribution in [0.2, 0.25) is 0 Å². The van der Waals surface area contributed by atoms with Gasteiger partial charge in [-0.25, -0.2) is 4.79 Å². The van der Waals surface area contributed by atoms with E-state index in [2.05, 4.69) is 47.9 Å². The van der Waals surface area contributed by atoms with Crippen molar-refractivity contribution in [3.63, 3.8) is 0 Å². The highest BCUT2D eigenvalue weighted by atomic mass is 16.4. The molecule has 27 N–H and O–H groups in total. The Kier molecular flexibility index (Phi) is 43.4. The van der Waals surface area contributed by atoms with Crippen molar-refractivity contribution < 1.29 is 103 Å². The first-order valence-electron chi connectivity index (χ1n) is 30.4. The van der Waals surface area contributed by atoms with E-state index in [4.69, 9.17) is 39.5 Å². The van der Waals surface area contributed by atoms with Crippen LogP contribution in [0.4, 0.5) is 0 Å². The fourth-order valence-corrected chi connectivity index (χ4v) is 8.82. The smallest absolute Gasteiger partial charge is 0.326 e. The van der Waals surface area contributed by atoms with Crippen LogP contribution in [0.1, 0.15) is 161 Å². The summed E-state index contributed by atoms with van der Waals surface area (Å²) >= 11 is 0. The molecule has 0 radical (unpaired) electrons. The highest BCUT2D eigenvalue weighted by Crippen LogP contribution is 2.13. The predicted molar refractivity (Wildman–Crippen MR) is 322 cm³/mol. The number of carboxylic acids is 6. The lowest BCUT2D eigenvalue weighted by atomic mass is 10.0. The number of carbonyl (C=O) groups excluding carboxylic acids is 9. The average Bonchev–Trinajstić information content (AvgIpc) is 2.49. The monoisotopic (exact) mass is 1300 g/mol. The van der Waals surface area contributed by atoms with E-state index in [-0.39, 0.29) is 96.8 Å². The molecule has 0 aliphatic heterocycles. The molecule has 0 aromatic heterocycles. The van der Waals surface area contributed by atoms with Crippen molar-refractivity contribution in [1.29, 1.82) is 0 Å². The standard InChI is InChI=1S/C55H97N15O21/c56-26-6-1-11-31(61)46(81)62-36(16-21-41(71)72)51(86)63-32(12-2-7-27-57)47(82)67-37(17-22-42(73)74)52(87)64-33(13-3-8-28-58)48(83)68-38(18-23-43(75)76)53(88)65-34(14-4-9-29-59)49(84)69-39(19-24-44(77)78)54(89)66-35(15-5-10-30-60)50(85)70-40(55(90)91)20-25-45(79)80/h31-40H,1-30,56-61H2,(H,62,81)(H,63,86)(H,64,87)(H,65,88)(H,66,89)(H,67,82)(H,68,83)(H,69,84)(H,70,85)(H,71,72)(H,73,74)(H,75,76)(H,77,78)(H,79,80)(H,90,91)/t31-,32-,33-,34-,35-,36-,37-,38-,39-,40-/m0/s1. The van der Waals surface area contributed by atoms with Crippen LogP contribution in [-0.2, 0) is 71.9 Å². The van der Waals surface area contributed by atoms with Gasteiger partial charge >= 0.3 is 35.8 Å². The number of amides is 9. The maximum Gasteiger partial charge on any atom is 0.326 e. The molecular weight excluding hydrogens is 1210 g/mol. The lowest BCUT2D eigenvalue weighted by Crippen LogP contribution is -2.60. The summed E-state index contributed by atoms with van der Waals surface area (Å²) in [6, 6.07) is -16.0. The van der Waals surface area contributed by atoms with Crippen molar-refractivity contribution in [1.82, 2.24) is 47.9 Å². The van der Waals surface area contributed by atoms with Crippen LogP contribution in [0.3, 0.4) is 0 Å². The van der Waals surface area contributed by atoms with Gasteiger partial charge in [0.05, 0.1) is 6.04 Å². The molecule has 0 saturated carbocycles. The molecule has 518 valence electrons. The minimum atomic E-state index is -1.82. The topological polar surface area (TPSA) is 642 Å². The van der Waals surface area contributed by atoms with Gasteiger partial charge in [0.2, 0.25) is 53.2 Å². The largest absolute Gasteiger partial charge is 0.481 e. The number of nitrogens with two attached hydrogens (primary N) is 6. The van der Waals surface area contributed by atoms with Crippen LogP contribution in [0, 0.1) is 0 Å². The van der Waals surface area contributed by atoms with Crippen LogP contribution < -0.4 is 82.3 Å². The molecule has 0 aliphatic carbocycles. The molecule has 91 heavy (non-hydrogen) atoms. The predicted octanol–water partition coefficient (Wildman–Crippen LogP) is -5.27. The van der Waals surface area contributed by atoms with Crippen LogP contribution in [0.5, 0.6) is 0 Å². The normalized spacial score (nSPS) is 14.3. The van der Waals surface area contributed by atoms with Gasteiger partial charge in [-0.05, 0) is 155 Å². The van der Waals surface area contributed by atoms with E-state index >= 15 is 0 Å². The van der Waals surface area contributed by atoms with Crippen LogP contribution in [0.15, 0.2) is 0 Å². The lowest BCUT2D eigenvalue weighted by Gasteiger charge is -2.28. The second kappa shape index (κ2) is 47.7. The van der Waals surface area contributed by atoms with Crippen molar-refractivity contribution in [3.05, 3.63) is 0 Å². The summed E-state index contributed by atoms with van der Waals surface area (Å²) in [5.41, 5.74) is 34.3. The van der Waals surface area contributed by atoms with E-state index in [1.165, 1.54) is 0 Å². The number of unbranched alkanes of at least 4 members (excludes halogenated alkanes) is 5. The number of nitrogens with one attached hydrogen (secondary N) is 9. The van der Waals surface area contributed by atoms with Crippen molar-refractivity contribution in [2.24, 2.45) is 34.4 Å². The van der Waals surface area contributed by atoms with Gasteiger partial charge in [-0.1, -0.05) is 6.42 Å². The molecule has 0 spiro atoms. The summed E-state index contributed by atoms with van der Waals surface area (Å²) in [6.45, 7) is 0.780. The van der Waals surface area contributed by atoms with Gasteiger partial charge in [0.25, 0.3) is 0 Å². The van der Waals surface area contributed by atoms with Gasteiger partial charge in [-0.3, -0.25) is 67.1 Å². The van der Waals surface area contributed by atoms with Gasteiger partial charge < -0.3 is 113 Å². The third-order valence-electron chi connectivity index (χ3n) is 14.0. The molecule has 0 unspecified atom stereocenters. The Morgan fingerprint density at radius 2 is 0.396 bits per heavy atom. The second-order valence-corrected chi connectivity index (χ2v) is 21.6. The molecule has 0 saturated heterocycles. The summed E-state index contributed by atoms with van der Waals surface area (Å²) in [7, 11) is 0. The van der Waals surface area contributed by atoms with Gasteiger partial charge in [-0.15, -0.1) is 0 Å². The number of hydrogen-bond acceptors (Lipinski definition) is 21. The van der Waals surface area contributed by atoms with Crippen LogP contribution >= 0.6 is 0 Å². The number of hydrogen-bond donors (Lipinski definition) is 21. The zero-order valence-electron chi connectivity index (χ0n) is 51.3. The van der Waals surface area contributed by atoms with E-state index in [0.717, 1.165) is 0 Å². The molecule has 10 atom stereocenters. The molecule has 36 heteroatoms. The maximum absolute atomic E-state index is 14.3. The Bertz CT molecular complexity index is 2390. The number of rotatable bonds is 54. The van der Waals surface area contributed by atoms with Crippen molar-refractivity contribution in [2.45, 2.75) is 221 Å². The van der Waals surface area contributed by atoms with Crippen molar-refractivity contribution in [2.75, 3.05) is 32.7 Å². The molecule has 0 aromatic carbocycles. The van der Waals surface area contributed by atoms with E-state index in [1.807, 2.05) is 0 Å². The van der Waals surface area contributed by atoms with Crippen molar-refractivity contribution in [3.8, 4) is 0 Å². The van der Waals surface area contributed by atoms with E-state index in [1.54, 1.807) is 0 Å². The molecule has 36 nitrogen and oxygen atoms in total. The third-order valence-corrected chi connectivity index (χ3v) is 14.0. The Balaban J connectivity index is 7.19. The van der Waals surface area contributed by atoms with Gasteiger partial charge in [0.15, 0.2) is 0 Å². The summed E-state index contributed by atoms with van der Waals surface area (Å²) in [6.07, 6.45) is -4.21. The highest BCUT2D eigenvalue weighted by molar-refractivity contribution is 5.99. The number of carboxylic acid groups (broad SMARTS) is 6. The summed E-state index contributed by atoms with van der Waals surface area (Å²) in [4.78, 5) is 196. The highest BCUT2D eigenvalue weighted by Gasteiger charge is 2.36. The number of aliphatic carboxylic acids is 6. The molecule has 0 fully saturated rings. The zero-order valence-corrected chi connectivity index (χ0v) is 51.3. The third kappa shape index (κ3) is 37.5. The molecule has 0 bridgehead atoms. The Morgan fingerprint density at radius 1 is 0.231 bits per heavy atom. The fourth-order valence-electron chi connectivity index (χ4n) is 8.82. The second-order valence-electron chi connectivity index (χ2n) is 21.6. The molecule has 0 heterocycles. The van der Waals surface area contributed by atoms with E-state index in [9.17, 15) is 97.5 Å². The fraction of sp³-hybridized carbons (Fsp3) is 0.727.